The van der Waals surface area contributed by atoms with Crippen LogP contribution in [0.15, 0.2) is 63.8 Å². The predicted molar refractivity (Wildman–Crippen MR) is 143 cm³/mol. The molecule has 2 N–H and O–H groups in total. The van der Waals surface area contributed by atoms with Crippen molar-refractivity contribution < 1.29 is 9.21 Å². The van der Waals surface area contributed by atoms with Crippen molar-refractivity contribution in [2.24, 2.45) is 0 Å². The fourth-order valence-electron chi connectivity index (χ4n) is 4.41. The van der Waals surface area contributed by atoms with E-state index in [0.29, 0.717) is 35.4 Å². The van der Waals surface area contributed by atoms with E-state index in [1.807, 2.05) is 36.4 Å². The molecule has 4 rings (SSSR count). The van der Waals surface area contributed by atoms with Crippen LogP contribution in [0.5, 0.6) is 0 Å². The quantitative estimate of drug-likeness (QED) is 0.428. The van der Waals surface area contributed by atoms with Gasteiger partial charge >= 0.3 is 5.76 Å². The molecule has 2 aromatic carbocycles. The molecule has 36 heavy (non-hydrogen) atoms. The average molecular weight is 506 g/mol. The second-order valence-electron chi connectivity index (χ2n) is 9.05. The standard InChI is InChI=1S/C27H31N5O3S/c1-2-14-32-15-12-27(19-28,13-16-32)31-25(33)22(18-36-17-20-8-4-3-5-9-20)29-24-21-10-6-7-11-23(21)35-26(34)30-24/h3-11,22H,2,12-18H2,1H3,(H,31,33)(H,29,30,34)/t22-/m0/s1. The summed E-state index contributed by atoms with van der Waals surface area (Å²) in [5.74, 6) is 0.447. The van der Waals surface area contributed by atoms with Gasteiger partial charge in [-0.15, -0.1) is 0 Å². The molecule has 1 saturated heterocycles. The number of para-hydroxylation sites is 1. The molecule has 0 unspecified atom stereocenters. The number of carbonyl (C=O) groups excluding carboxylic acids is 1. The molecule has 3 aromatic rings. The van der Waals surface area contributed by atoms with Crippen LogP contribution in [0.1, 0.15) is 31.7 Å². The van der Waals surface area contributed by atoms with Gasteiger partial charge in [-0.2, -0.15) is 22.0 Å². The summed E-state index contributed by atoms with van der Waals surface area (Å²) in [6, 6.07) is 18.8. The third-order valence-corrected chi connectivity index (χ3v) is 7.50. The molecule has 1 fully saturated rings. The van der Waals surface area contributed by atoms with Crippen molar-refractivity contribution in [2.75, 3.05) is 30.7 Å². The number of anilines is 1. The Morgan fingerprint density at radius 2 is 1.92 bits per heavy atom. The number of nitriles is 1. The predicted octanol–water partition coefficient (Wildman–Crippen LogP) is 3.79. The highest BCUT2D eigenvalue weighted by Crippen LogP contribution is 2.24. The highest BCUT2D eigenvalue weighted by Gasteiger charge is 2.37. The number of amides is 1. The fraction of sp³-hybridized carbons (Fsp3) is 0.407. The number of carbonyl (C=O) groups is 1. The molecule has 1 amide bonds. The number of likely N-dealkylation sites (tertiary alicyclic amines) is 1. The minimum atomic E-state index is -0.906. The molecular formula is C27H31N5O3S. The van der Waals surface area contributed by atoms with Gasteiger partial charge in [-0.05, 0) is 43.5 Å². The third kappa shape index (κ3) is 6.45. The van der Waals surface area contributed by atoms with Crippen LogP contribution < -0.4 is 16.4 Å². The average Bonchev–Trinajstić information content (AvgIpc) is 2.90. The van der Waals surface area contributed by atoms with Crippen molar-refractivity contribution in [3.8, 4) is 6.07 Å². The fourth-order valence-corrected chi connectivity index (χ4v) is 5.43. The highest BCUT2D eigenvalue weighted by atomic mass is 32.2. The second-order valence-corrected chi connectivity index (χ2v) is 10.1. The van der Waals surface area contributed by atoms with Crippen LogP contribution in [0.3, 0.4) is 0 Å². The van der Waals surface area contributed by atoms with E-state index >= 15 is 0 Å². The summed E-state index contributed by atoms with van der Waals surface area (Å²) in [7, 11) is 0. The maximum absolute atomic E-state index is 13.6. The smallest absolute Gasteiger partial charge is 0.408 e. The molecule has 1 aliphatic heterocycles. The molecule has 0 bridgehead atoms. The first-order valence-electron chi connectivity index (χ1n) is 12.3. The molecule has 0 aliphatic carbocycles. The van der Waals surface area contributed by atoms with E-state index in [9.17, 15) is 14.9 Å². The highest BCUT2D eigenvalue weighted by molar-refractivity contribution is 7.98. The zero-order valence-corrected chi connectivity index (χ0v) is 21.2. The minimum absolute atomic E-state index is 0.278. The monoisotopic (exact) mass is 505 g/mol. The summed E-state index contributed by atoms with van der Waals surface area (Å²) in [5, 5.41) is 16.9. The number of benzene rings is 2. The van der Waals surface area contributed by atoms with Gasteiger partial charge in [-0.3, -0.25) is 4.79 Å². The summed E-state index contributed by atoms with van der Waals surface area (Å²) in [6.45, 7) is 4.67. The first kappa shape index (κ1) is 25.7. The topological polar surface area (TPSA) is 111 Å². The van der Waals surface area contributed by atoms with E-state index in [1.54, 1.807) is 30.0 Å². The maximum atomic E-state index is 13.6. The van der Waals surface area contributed by atoms with E-state index in [-0.39, 0.29) is 5.91 Å². The van der Waals surface area contributed by atoms with Crippen molar-refractivity contribution in [3.63, 3.8) is 0 Å². The molecule has 1 aliphatic rings. The molecule has 8 nitrogen and oxygen atoms in total. The van der Waals surface area contributed by atoms with Gasteiger partial charge in [0.05, 0.1) is 11.5 Å². The Balaban J connectivity index is 1.53. The Morgan fingerprint density at radius 3 is 2.64 bits per heavy atom. The largest absolute Gasteiger partial charge is 0.441 e. The van der Waals surface area contributed by atoms with Gasteiger partial charge in [0, 0.05) is 24.6 Å². The first-order chi connectivity index (χ1) is 17.5. The summed E-state index contributed by atoms with van der Waals surface area (Å²) in [4.78, 5) is 32.0. The van der Waals surface area contributed by atoms with E-state index in [1.165, 1.54) is 0 Å². The van der Waals surface area contributed by atoms with Gasteiger partial charge < -0.3 is 20.0 Å². The number of fused-ring (bicyclic) bond motifs is 1. The van der Waals surface area contributed by atoms with E-state index in [4.69, 9.17) is 4.42 Å². The van der Waals surface area contributed by atoms with Crippen LogP contribution >= 0.6 is 11.8 Å². The van der Waals surface area contributed by atoms with E-state index < -0.39 is 17.3 Å². The summed E-state index contributed by atoms with van der Waals surface area (Å²) >= 11 is 1.60. The molecule has 0 radical (unpaired) electrons. The summed E-state index contributed by atoms with van der Waals surface area (Å²) < 4.78 is 5.21. The van der Waals surface area contributed by atoms with Gasteiger partial charge in [-0.1, -0.05) is 49.4 Å². The van der Waals surface area contributed by atoms with Crippen molar-refractivity contribution in [2.45, 2.75) is 43.5 Å². The Morgan fingerprint density at radius 1 is 1.19 bits per heavy atom. The zero-order valence-electron chi connectivity index (χ0n) is 20.4. The van der Waals surface area contributed by atoms with E-state index in [0.717, 1.165) is 37.4 Å². The Kier molecular flexibility index (Phi) is 8.62. The first-order valence-corrected chi connectivity index (χ1v) is 13.4. The van der Waals surface area contributed by atoms with Gasteiger partial charge in [-0.25, -0.2) is 4.79 Å². The van der Waals surface area contributed by atoms with Gasteiger partial charge in [0.1, 0.15) is 23.0 Å². The number of nitrogens with one attached hydrogen (secondary N) is 2. The summed E-state index contributed by atoms with van der Waals surface area (Å²) in [6.07, 6.45) is 2.22. The molecule has 1 aromatic heterocycles. The number of aromatic nitrogens is 1. The summed E-state index contributed by atoms with van der Waals surface area (Å²) in [5.41, 5.74) is 0.645. The van der Waals surface area contributed by atoms with Crippen molar-refractivity contribution in [1.82, 2.24) is 15.2 Å². The molecule has 188 valence electrons. The lowest BCUT2D eigenvalue weighted by molar-refractivity contribution is -0.123. The number of rotatable bonds is 10. The van der Waals surface area contributed by atoms with Crippen LogP contribution in [0, 0.1) is 11.3 Å². The van der Waals surface area contributed by atoms with Crippen molar-refractivity contribution in [3.05, 3.63) is 70.7 Å². The lowest BCUT2D eigenvalue weighted by Gasteiger charge is -2.38. The van der Waals surface area contributed by atoms with Gasteiger partial charge in [0.2, 0.25) is 5.91 Å². The van der Waals surface area contributed by atoms with Gasteiger partial charge in [0.15, 0.2) is 0 Å². The third-order valence-electron chi connectivity index (χ3n) is 6.39. The number of piperidine rings is 1. The number of thioether (sulfide) groups is 1. The molecule has 9 heteroatoms. The number of hydrogen-bond acceptors (Lipinski definition) is 8. The van der Waals surface area contributed by atoms with Crippen LogP contribution in [-0.2, 0) is 10.5 Å². The minimum Gasteiger partial charge on any atom is -0.408 e. The lowest BCUT2D eigenvalue weighted by Crippen LogP contribution is -2.57. The molecule has 0 spiro atoms. The molecule has 0 saturated carbocycles. The second kappa shape index (κ2) is 12.1. The molecule has 2 heterocycles. The Labute approximate surface area is 215 Å². The van der Waals surface area contributed by atoms with E-state index in [2.05, 4.69) is 33.5 Å². The van der Waals surface area contributed by atoms with Crippen molar-refractivity contribution >= 4 is 34.5 Å². The zero-order chi connectivity index (χ0) is 25.4. The Bertz CT molecular complexity index is 1270. The van der Waals surface area contributed by atoms with Crippen LogP contribution in [0.2, 0.25) is 0 Å². The number of nitrogens with zero attached hydrogens (tertiary/aromatic N) is 3. The van der Waals surface area contributed by atoms with Crippen LogP contribution in [0.4, 0.5) is 5.82 Å². The van der Waals surface area contributed by atoms with Crippen LogP contribution in [-0.4, -0.2) is 52.8 Å². The molecular weight excluding hydrogens is 474 g/mol. The van der Waals surface area contributed by atoms with Gasteiger partial charge in [0.25, 0.3) is 0 Å². The maximum Gasteiger partial charge on any atom is 0.441 e. The Hall–Kier alpha value is -3.35. The SMILES string of the molecule is CCCN1CCC(C#N)(NC(=O)[C@H](CSCc2ccccc2)Nc2nc(=O)oc3ccccc23)CC1. The normalized spacial score (nSPS) is 16.2. The lowest BCUT2D eigenvalue weighted by atomic mass is 9.88. The van der Waals surface area contributed by atoms with Crippen molar-refractivity contribution in [1.29, 1.82) is 5.26 Å². The number of hydrogen-bond donors (Lipinski definition) is 2. The van der Waals surface area contributed by atoms with Crippen LogP contribution in [0.25, 0.3) is 11.0 Å². The molecule has 1 atom stereocenters.